The quantitative estimate of drug-likeness (QED) is 0.278. The molecule has 0 aliphatic heterocycles. The third kappa shape index (κ3) is 4.25. The Hall–Kier alpha value is -4.12. The van der Waals surface area contributed by atoms with Gasteiger partial charge < -0.3 is 4.74 Å². The second kappa shape index (κ2) is 8.27. The standard InChI is InChI=1S/C24H17N3O2/c1-2-21(28)29-20-15-9-14-19(16-20)24-26-22(17-10-5-3-6-11-17)25-23(27-24)18-12-7-4-8-13-18/h2-16H,1H2. The molecule has 3 aromatic carbocycles. The molecule has 4 rings (SSSR count). The number of hydrogen-bond acceptors (Lipinski definition) is 5. The van der Waals surface area contributed by atoms with Crippen LogP contribution in [0.1, 0.15) is 0 Å². The molecule has 0 bridgehead atoms. The number of carbonyl (C=O) groups excluding carboxylic acids is 1. The number of benzene rings is 3. The number of rotatable bonds is 5. The van der Waals surface area contributed by atoms with Crippen LogP contribution in [0.2, 0.25) is 0 Å². The fraction of sp³-hybridized carbons (Fsp3) is 0. The van der Waals surface area contributed by atoms with Crippen LogP contribution in [0.5, 0.6) is 5.75 Å². The van der Waals surface area contributed by atoms with Gasteiger partial charge in [0.15, 0.2) is 17.5 Å². The van der Waals surface area contributed by atoms with Gasteiger partial charge in [0.05, 0.1) is 0 Å². The number of ether oxygens (including phenoxy) is 1. The topological polar surface area (TPSA) is 65.0 Å². The van der Waals surface area contributed by atoms with Gasteiger partial charge in [-0.15, -0.1) is 0 Å². The first kappa shape index (κ1) is 18.3. The number of carbonyl (C=O) groups is 1. The highest BCUT2D eigenvalue weighted by Gasteiger charge is 2.12. The zero-order valence-corrected chi connectivity index (χ0v) is 15.5. The van der Waals surface area contributed by atoms with Crippen molar-refractivity contribution in [2.75, 3.05) is 0 Å². The van der Waals surface area contributed by atoms with Crippen LogP contribution in [0.15, 0.2) is 97.6 Å². The lowest BCUT2D eigenvalue weighted by molar-refractivity contribution is -0.128. The molecular weight excluding hydrogens is 362 g/mol. The van der Waals surface area contributed by atoms with Gasteiger partial charge in [0, 0.05) is 22.8 Å². The van der Waals surface area contributed by atoms with Crippen LogP contribution in [-0.4, -0.2) is 20.9 Å². The first-order valence-electron chi connectivity index (χ1n) is 9.04. The summed E-state index contributed by atoms with van der Waals surface area (Å²) in [6.07, 6.45) is 1.12. The lowest BCUT2D eigenvalue weighted by Gasteiger charge is -2.09. The lowest BCUT2D eigenvalue weighted by Crippen LogP contribution is -2.03. The number of aromatic nitrogens is 3. The number of esters is 1. The third-order valence-corrected chi connectivity index (χ3v) is 4.18. The molecule has 0 spiro atoms. The number of nitrogens with zero attached hydrogens (tertiary/aromatic N) is 3. The zero-order valence-electron chi connectivity index (χ0n) is 15.5. The van der Waals surface area contributed by atoms with Crippen LogP contribution < -0.4 is 4.74 Å². The highest BCUT2D eigenvalue weighted by Crippen LogP contribution is 2.26. The van der Waals surface area contributed by atoms with Gasteiger partial charge in [0.25, 0.3) is 0 Å². The van der Waals surface area contributed by atoms with Crippen molar-refractivity contribution in [3.63, 3.8) is 0 Å². The van der Waals surface area contributed by atoms with E-state index in [0.717, 1.165) is 22.8 Å². The minimum Gasteiger partial charge on any atom is -0.423 e. The maximum atomic E-state index is 11.5. The van der Waals surface area contributed by atoms with Gasteiger partial charge >= 0.3 is 5.97 Å². The van der Waals surface area contributed by atoms with Crippen molar-refractivity contribution in [1.82, 2.24) is 15.0 Å². The molecular formula is C24H17N3O2. The third-order valence-electron chi connectivity index (χ3n) is 4.18. The summed E-state index contributed by atoms with van der Waals surface area (Å²) in [5.41, 5.74) is 2.50. The fourth-order valence-corrected chi connectivity index (χ4v) is 2.79. The highest BCUT2D eigenvalue weighted by atomic mass is 16.5. The average molecular weight is 379 g/mol. The normalized spacial score (nSPS) is 10.3. The van der Waals surface area contributed by atoms with Gasteiger partial charge in [-0.1, -0.05) is 79.4 Å². The predicted octanol–water partition coefficient (Wildman–Crippen LogP) is 4.96. The molecule has 5 heteroatoms. The van der Waals surface area contributed by atoms with Gasteiger partial charge in [-0.05, 0) is 12.1 Å². The first-order valence-corrected chi connectivity index (χ1v) is 9.04. The van der Waals surface area contributed by atoms with E-state index in [1.54, 1.807) is 18.2 Å². The summed E-state index contributed by atoms with van der Waals surface area (Å²) in [7, 11) is 0. The Morgan fingerprint density at radius 2 is 1.17 bits per heavy atom. The summed E-state index contributed by atoms with van der Waals surface area (Å²) in [5, 5.41) is 0. The number of hydrogen-bond donors (Lipinski definition) is 0. The largest absolute Gasteiger partial charge is 0.423 e. The van der Waals surface area contributed by atoms with Gasteiger partial charge in [-0.2, -0.15) is 0 Å². The van der Waals surface area contributed by atoms with Crippen molar-refractivity contribution in [2.24, 2.45) is 0 Å². The summed E-state index contributed by atoms with van der Waals surface area (Å²) in [6, 6.07) is 26.5. The molecule has 0 amide bonds. The Labute approximate surface area is 168 Å². The zero-order chi connectivity index (χ0) is 20.1. The summed E-state index contributed by atoms with van der Waals surface area (Å²) in [5.74, 6) is 1.52. The minimum atomic E-state index is -0.521. The van der Waals surface area contributed by atoms with Crippen LogP contribution in [0, 0.1) is 0 Å². The summed E-state index contributed by atoms with van der Waals surface area (Å²) in [4.78, 5) is 25.5. The molecule has 1 aromatic heterocycles. The molecule has 1 heterocycles. The minimum absolute atomic E-state index is 0.398. The van der Waals surface area contributed by atoms with E-state index in [4.69, 9.17) is 4.74 Å². The Kier molecular flexibility index (Phi) is 5.21. The second-order valence-corrected chi connectivity index (χ2v) is 6.19. The van der Waals surface area contributed by atoms with Crippen molar-refractivity contribution in [3.05, 3.63) is 97.6 Å². The van der Waals surface area contributed by atoms with E-state index in [1.165, 1.54) is 0 Å². The Bertz CT molecular complexity index is 1100. The van der Waals surface area contributed by atoms with Crippen molar-refractivity contribution in [3.8, 4) is 39.9 Å². The van der Waals surface area contributed by atoms with Crippen LogP contribution >= 0.6 is 0 Å². The van der Waals surface area contributed by atoms with Crippen LogP contribution in [0.3, 0.4) is 0 Å². The maximum absolute atomic E-state index is 11.5. The van der Waals surface area contributed by atoms with Crippen LogP contribution in [-0.2, 0) is 4.79 Å². The monoisotopic (exact) mass is 379 g/mol. The van der Waals surface area contributed by atoms with E-state index in [9.17, 15) is 4.79 Å². The maximum Gasteiger partial charge on any atom is 0.335 e. The molecule has 0 saturated heterocycles. The van der Waals surface area contributed by atoms with Crippen LogP contribution in [0.4, 0.5) is 0 Å². The molecule has 140 valence electrons. The molecule has 0 saturated carbocycles. The SMILES string of the molecule is C=CC(=O)Oc1cccc(-c2nc(-c3ccccc3)nc(-c3ccccc3)n2)c1. The van der Waals surface area contributed by atoms with E-state index >= 15 is 0 Å². The molecule has 0 aliphatic rings. The van der Waals surface area contributed by atoms with Crippen molar-refractivity contribution >= 4 is 5.97 Å². The van der Waals surface area contributed by atoms with E-state index in [-0.39, 0.29) is 0 Å². The summed E-state index contributed by atoms with van der Waals surface area (Å²) < 4.78 is 5.23. The Morgan fingerprint density at radius 1 is 0.690 bits per heavy atom. The molecule has 0 unspecified atom stereocenters. The summed E-state index contributed by atoms with van der Waals surface area (Å²) in [6.45, 7) is 3.42. The molecule has 0 atom stereocenters. The fourth-order valence-electron chi connectivity index (χ4n) is 2.79. The van der Waals surface area contributed by atoms with E-state index in [0.29, 0.717) is 23.2 Å². The lowest BCUT2D eigenvalue weighted by atomic mass is 10.1. The van der Waals surface area contributed by atoms with Gasteiger partial charge in [0.1, 0.15) is 5.75 Å². The molecule has 5 nitrogen and oxygen atoms in total. The molecule has 0 fully saturated rings. The smallest absolute Gasteiger partial charge is 0.335 e. The predicted molar refractivity (Wildman–Crippen MR) is 112 cm³/mol. The first-order chi connectivity index (χ1) is 14.2. The molecule has 0 N–H and O–H groups in total. The van der Waals surface area contributed by atoms with Crippen molar-refractivity contribution in [1.29, 1.82) is 0 Å². The van der Waals surface area contributed by atoms with E-state index < -0.39 is 5.97 Å². The van der Waals surface area contributed by atoms with Crippen molar-refractivity contribution in [2.45, 2.75) is 0 Å². The van der Waals surface area contributed by atoms with Crippen LogP contribution in [0.25, 0.3) is 34.2 Å². The highest BCUT2D eigenvalue weighted by molar-refractivity contribution is 5.83. The Morgan fingerprint density at radius 3 is 1.69 bits per heavy atom. The molecule has 4 aromatic rings. The average Bonchev–Trinajstić information content (AvgIpc) is 2.80. The van der Waals surface area contributed by atoms with E-state index in [1.807, 2.05) is 66.7 Å². The van der Waals surface area contributed by atoms with Gasteiger partial charge in [-0.25, -0.2) is 19.7 Å². The summed E-state index contributed by atoms with van der Waals surface area (Å²) >= 11 is 0. The molecule has 0 aliphatic carbocycles. The molecule has 0 radical (unpaired) electrons. The van der Waals surface area contributed by atoms with Gasteiger partial charge in [0.2, 0.25) is 0 Å². The second-order valence-electron chi connectivity index (χ2n) is 6.19. The van der Waals surface area contributed by atoms with Crippen molar-refractivity contribution < 1.29 is 9.53 Å². The van der Waals surface area contributed by atoms with E-state index in [2.05, 4.69) is 21.5 Å². The Balaban J connectivity index is 1.84. The molecule has 29 heavy (non-hydrogen) atoms. The van der Waals surface area contributed by atoms with Gasteiger partial charge in [-0.3, -0.25) is 0 Å².